The van der Waals surface area contributed by atoms with Gasteiger partial charge >= 0.3 is 0 Å². The number of fused-ring (bicyclic) bond motifs is 3. The molecule has 2 heterocycles. The van der Waals surface area contributed by atoms with Crippen LogP contribution in [-0.4, -0.2) is 12.1 Å². The van der Waals surface area contributed by atoms with E-state index in [9.17, 15) is 5.26 Å². The largest absolute Gasteiger partial charge is 0.366 e. The van der Waals surface area contributed by atoms with E-state index in [1.807, 2.05) is 12.1 Å². The maximum absolute atomic E-state index is 9.41. The first kappa shape index (κ1) is 16.4. The zero-order valence-corrected chi connectivity index (χ0v) is 15.5. The number of benzene rings is 3. The molecule has 0 radical (unpaired) electrons. The molecule has 134 valence electrons. The minimum atomic E-state index is 0.681. The van der Waals surface area contributed by atoms with Crippen molar-refractivity contribution in [1.82, 2.24) is 0 Å². The van der Waals surface area contributed by atoms with Crippen LogP contribution in [0.4, 0.5) is 5.69 Å². The van der Waals surface area contributed by atoms with Gasteiger partial charge in [0.2, 0.25) is 0 Å². The summed E-state index contributed by atoms with van der Waals surface area (Å²) in [6.07, 6.45) is 6.33. The summed E-state index contributed by atoms with van der Waals surface area (Å²) < 4.78 is 0. The second-order valence-corrected chi connectivity index (χ2v) is 8.10. The van der Waals surface area contributed by atoms with Crippen LogP contribution in [0.2, 0.25) is 0 Å². The molecule has 2 fully saturated rings. The van der Waals surface area contributed by atoms with Crippen LogP contribution < -0.4 is 4.90 Å². The Morgan fingerprint density at radius 3 is 2.19 bits per heavy atom. The van der Waals surface area contributed by atoms with Crippen molar-refractivity contribution < 1.29 is 0 Å². The highest BCUT2D eigenvalue weighted by Gasteiger charge is 2.40. The Kier molecular flexibility index (Phi) is 4.09. The monoisotopic (exact) mass is 352 g/mol. The van der Waals surface area contributed by atoms with Crippen LogP contribution in [0, 0.1) is 17.2 Å². The lowest BCUT2D eigenvalue weighted by atomic mass is 9.84. The van der Waals surface area contributed by atoms with Crippen LogP contribution in [0.5, 0.6) is 0 Å². The minimum absolute atomic E-state index is 0.681. The Hall–Kier alpha value is -2.79. The van der Waals surface area contributed by atoms with Crippen LogP contribution in [0.3, 0.4) is 0 Å². The SMILES string of the molecule is N#Cc1ccc(CC2CC3CCC(C2)N3c2ccccc2)c2ccccc12. The van der Waals surface area contributed by atoms with Crippen molar-refractivity contribution in [2.24, 2.45) is 5.92 Å². The molecule has 2 unspecified atom stereocenters. The van der Waals surface area contributed by atoms with Gasteiger partial charge in [0, 0.05) is 17.8 Å². The number of piperidine rings is 1. The number of hydrogen-bond acceptors (Lipinski definition) is 2. The molecule has 3 aromatic carbocycles. The Balaban J connectivity index is 1.40. The van der Waals surface area contributed by atoms with Gasteiger partial charge in [-0.1, -0.05) is 48.5 Å². The molecule has 27 heavy (non-hydrogen) atoms. The second-order valence-electron chi connectivity index (χ2n) is 8.10. The van der Waals surface area contributed by atoms with E-state index >= 15 is 0 Å². The van der Waals surface area contributed by atoms with Crippen molar-refractivity contribution >= 4 is 16.5 Å². The van der Waals surface area contributed by atoms with E-state index in [4.69, 9.17) is 0 Å². The molecule has 0 amide bonds. The highest BCUT2D eigenvalue weighted by molar-refractivity contribution is 5.90. The highest BCUT2D eigenvalue weighted by atomic mass is 15.2. The average molecular weight is 352 g/mol. The van der Waals surface area contributed by atoms with Crippen LogP contribution in [-0.2, 0) is 6.42 Å². The molecule has 5 rings (SSSR count). The molecule has 3 aromatic rings. The number of nitriles is 1. The maximum atomic E-state index is 9.41. The minimum Gasteiger partial charge on any atom is -0.366 e. The Labute approximate surface area is 161 Å². The molecule has 2 nitrogen and oxygen atoms in total. The molecule has 0 spiro atoms. The first-order chi connectivity index (χ1) is 13.3. The summed E-state index contributed by atoms with van der Waals surface area (Å²) in [4.78, 5) is 2.69. The van der Waals surface area contributed by atoms with E-state index in [1.54, 1.807) is 0 Å². The van der Waals surface area contributed by atoms with Crippen LogP contribution in [0.15, 0.2) is 66.7 Å². The molecule has 2 heteroatoms. The first-order valence-corrected chi connectivity index (χ1v) is 10.1. The van der Waals surface area contributed by atoms with Crippen molar-refractivity contribution in [3.63, 3.8) is 0 Å². The topological polar surface area (TPSA) is 27.0 Å². The number of para-hydroxylation sites is 1. The van der Waals surface area contributed by atoms with Crippen LogP contribution in [0.1, 0.15) is 36.8 Å². The van der Waals surface area contributed by atoms with Crippen LogP contribution >= 0.6 is 0 Å². The molecule has 2 aliphatic rings. The van der Waals surface area contributed by atoms with Gasteiger partial charge in [0.05, 0.1) is 11.6 Å². The molecule has 0 aliphatic carbocycles. The van der Waals surface area contributed by atoms with E-state index in [2.05, 4.69) is 65.6 Å². The van der Waals surface area contributed by atoms with E-state index < -0.39 is 0 Å². The number of rotatable bonds is 3. The van der Waals surface area contributed by atoms with E-state index in [0.29, 0.717) is 12.1 Å². The van der Waals surface area contributed by atoms with Crippen molar-refractivity contribution in [1.29, 1.82) is 5.26 Å². The molecule has 2 aliphatic heterocycles. The zero-order valence-electron chi connectivity index (χ0n) is 15.5. The molecule has 0 saturated carbocycles. The standard InChI is InChI=1S/C25H24N2/c26-17-20-11-10-19(24-8-4-5-9-25(20)24)14-18-15-22-12-13-23(16-18)27(22)21-6-2-1-3-7-21/h1-11,18,22-23H,12-16H2. The smallest absolute Gasteiger partial charge is 0.0998 e. The third-order valence-corrected chi connectivity index (χ3v) is 6.53. The van der Waals surface area contributed by atoms with E-state index in [-0.39, 0.29) is 0 Å². The van der Waals surface area contributed by atoms with Gasteiger partial charge in [0.1, 0.15) is 0 Å². The maximum Gasteiger partial charge on any atom is 0.0998 e. The summed E-state index contributed by atoms with van der Waals surface area (Å²) in [7, 11) is 0. The number of hydrogen-bond donors (Lipinski definition) is 0. The molecular weight excluding hydrogens is 328 g/mol. The third kappa shape index (κ3) is 2.88. The van der Waals surface area contributed by atoms with E-state index in [1.165, 1.54) is 42.3 Å². The highest BCUT2D eigenvalue weighted by Crippen LogP contribution is 2.43. The summed E-state index contributed by atoms with van der Waals surface area (Å²) in [6.45, 7) is 0. The predicted molar refractivity (Wildman–Crippen MR) is 111 cm³/mol. The fourth-order valence-electron chi connectivity index (χ4n) is 5.43. The summed E-state index contributed by atoms with van der Waals surface area (Å²) >= 11 is 0. The third-order valence-electron chi connectivity index (χ3n) is 6.53. The molecule has 0 N–H and O–H groups in total. The van der Waals surface area contributed by atoms with Gasteiger partial charge in [-0.15, -0.1) is 0 Å². The van der Waals surface area contributed by atoms with Crippen molar-refractivity contribution in [2.75, 3.05) is 4.90 Å². The summed E-state index contributed by atoms with van der Waals surface area (Å²) in [5.41, 5.74) is 3.59. The predicted octanol–water partition coefficient (Wildman–Crippen LogP) is 5.70. The van der Waals surface area contributed by atoms with Crippen molar-refractivity contribution in [2.45, 2.75) is 44.2 Å². The second kappa shape index (κ2) is 6.74. The summed E-state index contributed by atoms with van der Waals surface area (Å²) in [5, 5.41) is 11.8. The van der Waals surface area contributed by atoms with Gasteiger partial charge in [-0.25, -0.2) is 0 Å². The molecule has 2 bridgehead atoms. The lowest BCUT2D eigenvalue weighted by molar-refractivity contribution is 0.339. The first-order valence-electron chi connectivity index (χ1n) is 10.1. The van der Waals surface area contributed by atoms with Crippen LogP contribution in [0.25, 0.3) is 10.8 Å². The van der Waals surface area contributed by atoms with Gasteiger partial charge in [0.25, 0.3) is 0 Å². The van der Waals surface area contributed by atoms with Crippen molar-refractivity contribution in [3.8, 4) is 6.07 Å². The van der Waals surface area contributed by atoms with Gasteiger partial charge < -0.3 is 4.90 Å². The normalized spacial score (nSPS) is 24.1. The Bertz CT molecular complexity index is 988. The van der Waals surface area contributed by atoms with Gasteiger partial charge in [0.15, 0.2) is 0 Å². The molecule has 2 atom stereocenters. The molecule has 0 aromatic heterocycles. The summed E-state index contributed by atoms with van der Waals surface area (Å²) in [6, 6.07) is 27.2. The van der Waals surface area contributed by atoms with Gasteiger partial charge in [-0.3, -0.25) is 0 Å². The number of nitrogens with zero attached hydrogens (tertiary/aromatic N) is 2. The zero-order chi connectivity index (χ0) is 18.2. The quantitative estimate of drug-likeness (QED) is 0.604. The molecule has 2 saturated heterocycles. The van der Waals surface area contributed by atoms with Crippen molar-refractivity contribution in [3.05, 3.63) is 77.9 Å². The average Bonchev–Trinajstić information content (AvgIpc) is 2.99. The Morgan fingerprint density at radius 2 is 1.48 bits per heavy atom. The lowest BCUT2D eigenvalue weighted by Gasteiger charge is -2.41. The Morgan fingerprint density at radius 1 is 0.815 bits per heavy atom. The fraction of sp³-hybridized carbons (Fsp3) is 0.320. The lowest BCUT2D eigenvalue weighted by Crippen LogP contribution is -2.43. The van der Waals surface area contributed by atoms with E-state index in [0.717, 1.165) is 23.3 Å². The van der Waals surface area contributed by atoms with Gasteiger partial charge in [-0.2, -0.15) is 5.26 Å². The molecular formula is C25H24N2. The van der Waals surface area contributed by atoms with Gasteiger partial charge in [-0.05, 0) is 72.6 Å². The fourth-order valence-corrected chi connectivity index (χ4v) is 5.43. The summed E-state index contributed by atoms with van der Waals surface area (Å²) in [5.74, 6) is 0.735. The number of anilines is 1.